The highest BCUT2D eigenvalue weighted by Crippen LogP contribution is 2.58. The number of rotatable bonds is 6. The van der Waals surface area contributed by atoms with Gasteiger partial charge in [0.2, 0.25) is 11.8 Å². The molecular weight excluding hydrogens is 443 g/mol. The van der Waals surface area contributed by atoms with Crippen LogP contribution in [0.2, 0.25) is 0 Å². The summed E-state index contributed by atoms with van der Waals surface area (Å²) < 4.78 is 0.630. The molecule has 1 saturated heterocycles. The van der Waals surface area contributed by atoms with E-state index in [0.717, 1.165) is 6.42 Å². The van der Waals surface area contributed by atoms with Crippen LogP contribution in [0.15, 0.2) is 18.5 Å². The Balaban J connectivity index is 1.31. The van der Waals surface area contributed by atoms with Gasteiger partial charge in [-0.1, -0.05) is 6.92 Å². The molecule has 11 heteroatoms. The predicted molar refractivity (Wildman–Crippen MR) is 113 cm³/mol. The number of halogens is 2. The molecule has 3 N–H and O–H groups in total. The number of pyridine rings is 1. The number of hydrogen-bond donors (Lipinski definition) is 2. The molecule has 0 bridgehead atoms. The van der Waals surface area contributed by atoms with Crippen molar-refractivity contribution in [2.24, 2.45) is 23.5 Å². The Bertz CT molecular complexity index is 1100. The number of aromatic nitrogens is 3. The zero-order valence-corrected chi connectivity index (χ0v) is 18.3. The summed E-state index contributed by atoms with van der Waals surface area (Å²) in [5.41, 5.74) is 6.06. The Morgan fingerprint density at radius 2 is 2.06 bits per heavy atom. The van der Waals surface area contributed by atoms with E-state index in [1.807, 2.05) is 6.92 Å². The average Bonchev–Trinajstić information content (AvgIpc) is 3.44. The van der Waals surface area contributed by atoms with E-state index in [1.54, 1.807) is 11.0 Å². The number of likely N-dealkylation sites (tertiary alicyclic amines) is 1. The molecule has 164 valence electrons. The first-order valence-corrected chi connectivity index (χ1v) is 11.0. The van der Waals surface area contributed by atoms with Crippen molar-refractivity contribution in [1.82, 2.24) is 25.0 Å². The van der Waals surface area contributed by atoms with Crippen LogP contribution in [0.25, 0.3) is 10.9 Å². The first kappa shape index (κ1) is 20.5. The molecule has 0 spiro atoms. The van der Waals surface area contributed by atoms with Gasteiger partial charge in [0.15, 0.2) is 5.69 Å². The number of hydrogen-bond acceptors (Lipinski definition) is 5. The van der Waals surface area contributed by atoms with Crippen molar-refractivity contribution >= 4 is 51.8 Å². The van der Waals surface area contributed by atoms with Crippen LogP contribution in [-0.4, -0.2) is 60.3 Å². The van der Waals surface area contributed by atoms with E-state index >= 15 is 0 Å². The molecule has 5 rings (SSSR count). The van der Waals surface area contributed by atoms with Crippen molar-refractivity contribution in [3.8, 4) is 0 Å². The van der Waals surface area contributed by atoms with Gasteiger partial charge in [-0.3, -0.25) is 24.0 Å². The number of alkyl halides is 2. The predicted octanol–water partition coefficient (Wildman–Crippen LogP) is 1.08. The van der Waals surface area contributed by atoms with Gasteiger partial charge >= 0.3 is 0 Å². The number of nitrogens with two attached hydrogens (primary N) is 1. The molecule has 2 aliphatic carbocycles. The summed E-state index contributed by atoms with van der Waals surface area (Å²) in [5.74, 6) is -0.613. The fourth-order valence-electron chi connectivity index (χ4n) is 4.78. The summed E-state index contributed by atoms with van der Waals surface area (Å²) in [6, 6.07) is 1.18. The maximum Gasteiger partial charge on any atom is 0.269 e. The molecule has 2 unspecified atom stereocenters. The van der Waals surface area contributed by atoms with Crippen LogP contribution in [0, 0.1) is 17.8 Å². The smallest absolute Gasteiger partial charge is 0.269 e. The molecule has 3 heterocycles. The van der Waals surface area contributed by atoms with E-state index in [4.69, 9.17) is 28.9 Å². The molecule has 31 heavy (non-hydrogen) atoms. The molecule has 9 nitrogen and oxygen atoms in total. The standard InChI is InChI=1S/C20H22Cl2N6O3/c1-9-12(20(9,21)22)6-25-19(31)14-5-10-4-13(10)28(14)16(29)8-27-15-7-24-3-2-11(15)17(26-27)18(23)30/h2-3,7,9-10,12-14H,4-6,8H2,1H3,(H2,23,30)(H,25,31)/t9?,10-,12?,13-,14+/m1/s1. The van der Waals surface area contributed by atoms with Gasteiger partial charge in [-0.15, -0.1) is 23.2 Å². The van der Waals surface area contributed by atoms with Crippen LogP contribution in [0.1, 0.15) is 30.3 Å². The number of amides is 3. The van der Waals surface area contributed by atoms with E-state index in [1.165, 1.54) is 17.1 Å². The monoisotopic (exact) mass is 464 g/mol. The van der Waals surface area contributed by atoms with Crippen LogP contribution in [-0.2, 0) is 16.1 Å². The Morgan fingerprint density at radius 1 is 1.32 bits per heavy atom. The summed E-state index contributed by atoms with van der Waals surface area (Å²) in [5, 5.41) is 7.68. The zero-order chi connectivity index (χ0) is 22.1. The van der Waals surface area contributed by atoms with Crippen molar-refractivity contribution < 1.29 is 14.4 Å². The summed E-state index contributed by atoms with van der Waals surface area (Å²) in [7, 11) is 0. The summed E-state index contributed by atoms with van der Waals surface area (Å²) in [6.45, 7) is 2.23. The minimum Gasteiger partial charge on any atom is -0.364 e. The Morgan fingerprint density at radius 3 is 2.74 bits per heavy atom. The second kappa shape index (κ2) is 7.06. The second-order valence-electron chi connectivity index (χ2n) is 8.69. The normalized spacial score (nSPS) is 30.2. The van der Waals surface area contributed by atoms with Crippen LogP contribution in [0.3, 0.4) is 0 Å². The molecule has 3 fully saturated rings. The lowest BCUT2D eigenvalue weighted by Gasteiger charge is -2.27. The molecule has 0 aromatic carbocycles. The molecule has 1 aliphatic heterocycles. The quantitative estimate of drug-likeness (QED) is 0.618. The van der Waals surface area contributed by atoms with Crippen LogP contribution >= 0.6 is 23.2 Å². The minimum atomic E-state index is -0.798. The van der Waals surface area contributed by atoms with Crippen molar-refractivity contribution in [2.45, 2.75) is 42.7 Å². The van der Waals surface area contributed by atoms with E-state index in [0.29, 0.717) is 29.8 Å². The Kier molecular flexibility index (Phi) is 4.67. The second-order valence-corrected chi connectivity index (χ2v) is 10.1. The molecule has 2 saturated carbocycles. The Hall–Kier alpha value is -2.39. The van der Waals surface area contributed by atoms with Gasteiger partial charge in [0.1, 0.15) is 16.9 Å². The van der Waals surface area contributed by atoms with Gasteiger partial charge in [0.05, 0.1) is 11.7 Å². The molecule has 3 aliphatic rings. The summed E-state index contributed by atoms with van der Waals surface area (Å²) in [6.07, 6.45) is 4.62. The fourth-order valence-corrected chi connectivity index (χ4v) is 5.49. The number of carbonyl (C=O) groups excluding carboxylic acids is 3. The lowest BCUT2D eigenvalue weighted by atomic mass is 10.1. The highest BCUT2D eigenvalue weighted by Gasteiger charge is 2.60. The molecule has 3 amide bonds. The lowest BCUT2D eigenvalue weighted by Crippen LogP contribution is -2.49. The van der Waals surface area contributed by atoms with Crippen molar-refractivity contribution in [2.75, 3.05) is 6.54 Å². The van der Waals surface area contributed by atoms with Gasteiger partial charge < -0.3 is 16.0 Å². The van der Waals surface area contributed by atoms with E-state index in [9.17, 15) is 14.4 Å². The average molecular weight is 465 g/mol. The number of nitrogens with zero attached hydrogens (tertiary/aromatic N) is 4. The van der Waals surface area contributed by atoms with E-state index < -0.39 is 16.3 Å². The number of nitrogens with one attached hydrogen (secondary N) is 1. The maximum absolute atomic E-state index is 13.2. The van der Waals surface area contributed by atoms with Crippen LogP contribution in [0.5, 0.6) is 0 Å². The highest BCUT2D eigenvalue weighted by molar-refractivity contribution is 6.51. The topological polar surface area (TPSA) is 123 Å². The van der Waals surface area contributed by atoms with Crippen molar-refractivity contribution in [3.63, 3.8) is 0 Å². The molecule has 2 aromatic rings. The largest absolute Gasteiger partial charge is 0.364 e. The molecule has 2 aromatic heterocycles. The molecular formula is C20H22Cl2N6O3. The third-order valence-corrected chi connectivity index (χ3v) is 8.11. The first-order valence-electron chi connectivity index (χ1n) is 10.3. The molecule has 5 atom stereocenters. The lowest BCUT2D eigenvalue weighted by molar-refractivity contribution is -0.140. The number of carbonyl (C=O) groups is 3. The van der Waals surface area contributed by atoms with E-state index in [-0.39, 0.29) is 41.9 Å². The minimum absolute atomic E-state index is 0.00929. The molecule has 0 radical (unpaired) electrons. The SMILES string of the molecule is CC1C(CNC(=O)[C@@H]2C[C@H]3C[C@H]3N2C(=O)Cn2nc(C(N)=O)c3ccncc32)C1(Cl)Cl. The highest BCUT2D eigenvalue weighted by atomic mass is 35.5. The van der Waals surface area contributed by atoms with Gasteiger partial charge in [-0.25, -0.2) is 0 Å². The van der Waals surface area contributed by atoms with Crippen molar-refractivity contribution in [1.29, 1.82) is 0 Å². The summed E-state index contributed by atoms with van der Waals surface area (Å²) >= 11 is 12.3. The van der Waals surface area contributed by atoms with Gasteiger partial charge in [0.25, 0.3) is 5.91 Å². The third kappa shape index (κ3) is 3.34. The maximum atomic E-state index is 13.2. The number of fused-ring (bicyclic) bond motifs is 2. The van der Waals surface area contributed by atoms with Gasteiger partial charge in [-0.05, 0) is 30.7 Å². The summed E-state index contributed by atoms with van der Waals surface area (Å²) in [4.78, 5) is 43.5. The van der Waals surface area contributed by atoms with Crippen LogP contribution < -0.4 is 11.1 Å². The number of piperidine rings is 1. The van der Waals surface area contributed by atoms with Gasteiger partial charge in [0, 0.05) is 30.1 Å². The Labute approximate surface area is 188 Å². The fraction of sp³-hybridized carbons (Fsp3) is 0.550. The zero-order valence-electron chi connectivity index (χ0n) is 16.8. The van der Waals surface area contributed by atoms with Gasteiger partial charge in [-0.2, -0.15) is 5.10 Å². The first-order chi connectivity index (χ1) is 14.7. The van der Waals surface area contributed by atoms with E-state index in [2.05, 4.69) is 15.4 Å². The third-order valence-electron chi connectivity index (χ3n) is 6.86. The van der Waals surface area contributed by atoms with Crippen molar-refractivity contribution in [3.05, 3.63) is 24.2 Å². The number of primary amides is 1. The van der Waals surface area contributed by atoms with Crippen LogP contribution in [0.4, 0.5) is 0 Å².